The molecule has 1 N–H and O–H groups in total. The third kappa shape index (κ3) is 4.23. The van der Waals surface area contributed by atoms with Gasteiger partial charge in [-0.15, -0.1) is 0 Å². The molecule has 0 radical (unpaired) electrons. The van der Waals surface area contributed by atoms with Crippen molar-refractivity contribution in [3.05, 3.63) is 75.6 Å². The van der Waals surface area contributed by atoms with Crippen molar-refractivity contribution in [3.8, 4) is 5.75 Å². The second-order valence-corrected chi connectivity index (χ2v) is 6.12. The lowest BCUT2D eigenvalue weighted by molar-refractivity contribution is -0.136. The first-order valence-electron chi connectivity index (χ1n) is 8.45. The van der Waals surface area contributed by atoms with Crippen LogP contribution in [-0.4, -0.2) is 23.5 Å². The summed E-state index contributed by atoms with van der Waals surface area (Å²) in [6, 6.07) is 13.8. The number of ketones is 1. The van der Waals surface area contributed by atoms with Gasteiger partial charge < -0.3 is 14.3 Å². The highest BCUT2D eigenvalue weighted by Gasteiger charge is 2.14. The largest absolute Gasteiger partial charge is 0.485 e. The van der Waals surface area contributed by atoms with Crippen molar-refractivity contribution in [1.82, 2.24) is 0 Å². The highest BCUT2D eigenvalue weighted by Crippen LogP contribution is 2.24. The molecule has 1 aromatic heterocycles. The summed E-state index contributed by atoms with van der Waals surface area (Å²) in [6.07, 6.45) is -0.0246. The van der Waals surface area contributed by atoms with Gasteiger partial charge in [-0.3, -0.25) is 9.59 Å². The molecule has 0 atom stereocenters. The van der Waals surface area contributed by atoms with Crippen LogP contribution in [0.4, 0.5) is 0 Å². The normalized spacial score (nSPS) is 10.7. The Balaban J connectivity index is 1.81. The summed E-state index contributed by atoms with van der Waals surface area (Å²) in [6.45, 7) is 1.63. The fraction of sp³-hybridized carbons (Fsp3) is 0.190. The van der Waals surface area contributed by atoms with Crippen LogP contribution in [-0.2, 0) is 11.2 Å². The van der Waals surface area contributed by atoms with Crippen LogP contribution in [0.3, 0.4) is 0 Å². The third-order valence-corrected chi connectivity index (χ3v) is 4.31. The number of benzene rings is 2. The Morgan fingerprint density at radius 1 is 1.11 bits per heavy atom. The summed E-state index contributed by atoms with van der Waals surface area (Å²) >= 11 is 0. The molecule has 0 saturated heterocycles. The lowest BCUT2D eigenvalue weighted by Crippen LogP contribution is -2.13. The highest BCUT2D eigenvalue weighted by atomic mass is 16.5. The van der Waals surface area contributed by atoms with E-state index in [1.54, 1.807) is 49.4 Å². The molecule has 0 spiro atoms. The third-order valence-electron chi connectivity index (χ3n) is 4.31. The van der Waals surface area contributed by atoms with Crippen LogP contribution in [0.1, 0.15) is 27.9 Å². The molecule has 3 rings (SSSR count). The van der Waals surface area contributed by atoms with Crippen LogP contribution in [0.15, 0.2) is 57.7 Å². The first kappa shape index (κ1) is 18.4. The zero-order valence-corrected chi connectivity index (χ0v) is 14.7. The van der Waals surface area contributed by atoms with E-state index < -0.39 is 11.6 Å². The fourth-order valence-corrected chi connectivity index (χ4v) is 2.84. The smallest absolute Gasteiger partial charge is 0.339 e. The number of carbonyl (C=O) groups is 2. The molecule has 0 aliphatic rings. The minimum absolute atomic E-state index is 0.114. The number of hydrogen-bond donors (Lipinski definition) is 1. The van der Waals surface area contributed by atoms with Gasteiger partial charge in [-0.2, -0.15) is 0 Å². The number of ether oxygens (including phenoxy) is 1. The SMILES string of the molecule is Cc1c(CCC(=O)O)c(=O)oc2cc(OCC(=O)c3ccccc3)ccc12. The van der Waals surface area contributed by atoms with E-state index in [0.29, 0.717) is 33.4 Å². The predicted molar refractivity (Wildman–Crippen MR) is 99.4 cm³/mol. The predicted octanol–water partition coefficient (Wildman–Crippen LogP) is 3.38. The molecule has 138 valence electrons. The number of rotatable bonds is 7. The maximum Gasteiger partial charge on any atom is 0.339 e. The molecule has 0 amide bonds. The van der Waals surface area contributed by atoms with E-state index in [-0.39, 0.29) is 25.2 Å². The Morgan fingerprint density at radius 2 is 1.85 bits per heavy atom. The first-order valence-corrected chi connectivity index (χ1v) is 8.45. The van der Waals surface area contributed by atoms with Crippen molar-refractivity contribution in [2.45, 2.75) is 19.8 Å². The van der Waals surface area contributed by atoms with E-state index in [1.807, 2.05) is 6.07 Å². The number of fused-ring (bicyclic) bond motifs is 1. The van der Waals surface area contributed by atoms with Gasteiger partial charge in [0.25, 0.3) is 0 Å². The second kappa shape index (κ2) is 7.86. The van der Waals surface area contributed by atoms with Gasteiger partial charge in [-0.05, 0) is 31.0 Å². The molecule has 0 unspecified atom stereocenters. The van der Waals surface area contributed by atoms with E-state index >= 15 is 0 Å². The van der Waals surface area contributed by atoms with E-state index in [4.69, 9.17) is 14.3 Å². The van der Waals surface area contributed by atoms with Gasteiger partial charge >= 0.3 is 11.6 Å². The van der Waals surface area contributed by atoms with E-state index in [1.165, 1.54) is 0 Å². The fourth-order valence-electron chi connectivity index (χ4n) is 2.84. The van der Waals surface area contributed by atoms with E-state index in [2.05, 4.69) is 0 Å². The summed E-state index contributed by atoms with van der Waals surface area (Å²) in [5.41, 5.74) is 1.39. The number of hydrogen-bond acceptors (Lipinski definition) is 5. The molecular formula is C21H18O6. The molecular weight excluding hydrogens is 348 g/mol. The first-order chi connectivity index (χ1) is 13.0. The zero-order chi connectivity index (χ0) is 19.4. The highest BCUT2D eigenvalue weighted by molar-refractivity contribution is 5.97. The monoisotopic (exact) mass is 366 g/mol. The number of carboxylic acid groups (broad SMARTS) is 1. The average Bonchev–Trinajstić information content (AvgIpc) is 2.66. The summed E-state index contributed by atoms with van der Waals surface area (Å²) in [4.78, 5) is 35.0. The zero-order valence-electron chi connectivity index (χ0n) is 14.7. The molecule has 3 aromatic rings. The number of aryl methyl sites for hydroxylation is 1. The molecule has 27 heavy (non-hydrogen) atoms. The van der Waals surface area contributed by atoms with Crippen LogP contribution >= 0.6 is 0 Å². The number of Topliss-reactive ketones (excluding diaryl/α,β-unsaturated/α-hetero) is 1. The minimum Gasteiger partial charge on any atom is -0.485 e. The van der Waals surface area contributed by atoms with Crippen LogP contribution in [0, 0.1) is 6.92 Å². The second-order valence-electron chi connectivity index (χ2n) is 6.12. The Kier molecular flexibility index (Phi) is 5.35. The summed E-state index contributed by atoms with van der Waals surface area (Å²) < 4.78 is 10.9. The van der Waals surface area contributed by atoms with Gasteiger partial charge in [-0.1, -0.05) is 30.3 Å². The number of aliphatic carboxylic acids is 1. The Hall–Kier alpha value is -3.41. The van der Waals surface area contributed by atoms with E-state index in [9.17, 15) is 14.4 Å². The van der Waals surface area contributed by atoms with Crippen molar-refractivity contribution < 1.29 is 23.8 Å². The number of carboxylic acids is 1. The summed E-state index contributed by atoms with van der Waals surface area (Å²) in [5, 5.41) is 9.52. The van der Waals surface area contributed by atoms with Crippen molar-refractivity contribution in [2.75, 3.05) is 6.61 Å². The van der Waals surface area contributed by atoms with Crippen molar-refractivity contribution in [3.63, 3.8) is 0 Å². The van der Waals surface area contributed by atoms with Crippen LogP contribution in [0.25, 0.3) is 11.0 Å². The molecule has 0 saturated carbocycles. The van der Waals surface area contributed by atoms with Crippen LogP contribution < -0.4 is 10.4 Å². The van der Waals surface area contributed by atoms with Gasteiger partial charge in [0.05, 0.1) is 0 Å². The van der Waals surface area contributed by atoms with Gasteiger partial charge in [0.1, 0.15) is 11.3 Å². The van der Waals surface area contributed by atoms with E-state index in [0.717, 1.165) is 0 Å². The van der Waals surface area contributed by atoms with Crippen molar-refractivity contribution in [1.29, 1.82) is 0 Å². The molecule has 2 aromatic carbocycles. The maximum atomic E-state index is 12.2. The van der Waals surface area contributed by atoms with Crippen LogP contribution in [0.2, 0.25) is 0 Å². The molecule has 6 heteroatoms. The molecule has 0 aliphatic carbocycles. The lowest BCUT2D eigenvalue weighted by atomic mass is 10.0. The van der Waals surface area contributed by atoms with Gasteiger partial charge in [-0.25, -0.2) is 4.79 Å². The Labute approximate surface area is 155 Å². The van der Waals surface area contributed by atoms with Crippen molar-refractivity contribution >= 4 is 22.7 Å². The maximum absolute atomic E-state index is 12.2. The average molecular weight is 366 g/mol. The summed E-state index contributed by atoms with van der Waals surface area (Å²) in [5.74, 6) is -0.717. The Bertz CT molecular complexity index is 1050. The van der Waals surface area contributed by atoms with Gasteiger partial charge in [0.15, 0.2) is 12.4 Å². The van der Waals surface area contributed by atoms with Crippen molar-refractivity contribution in [2.24, 2.45) is 0 Å². The Morgan fingerprint density at radius 3 is 2.56 bits per heavy atom. The number of carbonyl (C=O) groups excluding carboxylic acids is 1. The topological polar surface area (TPSA) is 93.8 Å². The van der Waals surface area contributed by atoms with Crippen LogP contribution in [0.5, 0.6) is 5.75 Å². The van der Waals surface area contributed by atoms with Gasteiger partial charge in [0, 0.05) is 29.0 Å². The molecule has 0 fully saturated rings. The minimum atomic E-state index is -0.972. The summed E-state index contributed by atoms with van der Waals surface area (Å²) in [7, 11) is 0. The quantitative estimate of drug-likeness (QED) is 0.509. The molecule has 0 aliphatic heterocycles. The molecule has 6 nitrogen and oxygen atoms in total. The van der Waals surface area contributed by atoms with Gasteiger partial charge in [0.2, 0.25) is 0 Å². The molecule has 0 bridgehead atoms. The lowest BCUT2D eigenvalue weighted by Gasteiger charge is -2.09. The standard InChI is InChI=1S/C21H18O6/c1-13-16-8-7-15(26-12-18(22)14-5-3-2-4-6-14)11-19(16)27-21(25)17(13)9-10-20(23)24/h2-8,11H,9-10,12H2,1H3,(H,23,24). The molecule has 1 heterocycles.